The molecule has 1 atom stereocenters. The summed E-state index contributed by atoms with van der Waals surface area (Å²) in [7, 11) is 0. The van der Waals surface area contributed by atoms with E-state index < -0.39 is 5.60 Å². The number of benzene rings is 1. The zero-order chi connectivity index (χ0) is 19.4. The molecular formula is C21H31N3O3. The maximum absolute atomic E-state index is 13.3. The summed E-state index contributed by atoms with van der Waals surface area (Å²) < 4.78 is 5.54. The Morgan fingerprint density at radius 2 is 1.59 bits per heavy atom. The Balaban J connectivity index is 1.79. The van der Waals surface area contributed by atoms with Gasteiger partial charge in [0.15, 0.2) is 0 Å². The van der Waals surface area contributed by atoms with Crippen LogP contribution in [-0.2, 0) is 9.53 Å². The summed E-state index contributed by atoms with van der Waals surface area (Å²) in [5.41, 5.74) is 0.483. The van der Waals surface area contributed by atoms with E-state index in [2.05, 4.69) is 4.90 Å². The van der Waals surface area contributed by atoms with Crippen LogP contribution in [0.25, 0.3) is 0 Å². The van der Waals surface area contributed by atoms with Crippen LogP contribution in [0.15, 0.2) is 30.3 Å². The number of hydrogen-bond acceptors (Lipinski definition) is 4. The minimum Gasteiger partial charge on any atom is -0.444 e. The number of rotatable bonds is 2. The summed E-state index contributed by atoms with van der Waals surface area (Å²) in [5.74, 6) is 0.117. The number of anilines is 1. The first kappa shape index (κ1) is 19.5. The van der Waals surface area contributed by atoms with Crippen molar-refractivity contribution in [3.05, 3.63) is 30.3 Å². The Bertz CT molecular complexity index is 650. The Morgan fingerprint density at radius 1 is 0.926 bits per heavy atom. The van der Waals surface area contributed by atoms with Gasteiger partial charge in [-0.05, 0) is 52.2 Å². The predicted octanol–water partition coefficient (Wildman–Crippen LogP) is 3.12. The van der Waals surface area contributed by atoms with Crippen molar-refractivity contribution in [2.24, 2.45) is 0 Å². The lowest BCUT2D eigenvalue weighted by atomic mass is 10.1. The van der Waals surface area contributed by atoms with E-state index in [1.165, 1.54) is 6.42 Å². The second kappa shape index (κ2) is 8.19. The van der Waals surface area contributed by atoms with Crippen molar-refractivity contribution in [3.63, 3.8) is 0 Å². The predicted molar refractivity (Wildman–Crippen MR) is 106 cm³/mol. The lowest BCUT2D eigenvalue weighted by Crippen LogP contribution is -2.61. The van der Waals surface area contributed by atoms with Gasteiger partial charge in [-0.1, -0.05) is 18.2 Å². The van der Waals surface area contributed by atoms with E-state index in [-0.39, 0.29) is 18.0 Å². The largest absolute Gasteiger partial charge is 0.444 e. The molecule has 0 spiro atoms. The third-order valence-electron chi connectivity index (χ3n) is 5.07. The zero-order valence-corrected chi connectivity index (χ0v) is 16.7. The van der Waals surface area contributed by atoms with Gasteiger partial charge in [0.25, 0.3) is 0 Å². The topological polar surface area (TPSA) is 53.1 Å². The number of amides is 2. The smallest absolute Gasteiger partial charge is 0.410 e. The molecule has 6 nitrogen and oxygen atoms in total. The van der Waals surface area contributed by atoms with Crippen LogP contribution < -0.4 is 4.90 Å². The lowest BCUT2D eigenvalue weighted by Gasteiger charge is -2.44. The molecule has 0 unspecified atom stereocenters. The molecule has 1 aromatic rings. The quantitative estimate of drug-likeness (QED) is 0.799. The molecule has 0 bridgehead atoms. The van der Waals surface area contributed by atoms with Crippen molar-refractivity contribution in [1.29, 1.82) is 0 Å². The minimum atomic E-state index is -0.542. The average Bonchev–Trinajstić information content (AvgIpc) is 2.67. The Kier molecular flexibility index (Phi) is 5.92. The molecule has 2 amide bonds. The average molecular weight is 373 g/mol. The Hall–Kier alpha value is -2.24. The fourth-order valence-electron chi connectivity index (χ4n) is 3.74. The number of hydrogen-bond donors (Lipinski definition) is 0. The van der Waals surface area contributed by atoms with Crippen molar-refractivity contribution < 1.29 is 14.3 Å². The first-order valence-electron chi connectivity index (χ1n) is 9.93. The molecule has 2 aliphatic heterocycles. The van der Waals surface area contributed by atoms with E-state index in [1.54, 1.807) is 4.90 Å². The van der Waals surface area contributed by atoms with Crippen molar-refractivity contribution in [2.75, 3.05) is 37.6 Å². The highest BCUT2D eigenvalue weighted by molar-refractivity contribution is 5.87. The van der Waals surface area contributed by atoms with Gasteiger partial charge >= 0.3 is 6.09 Å². The van der Waals surface area contributed by atoms with E-state index in [0.717, 1.165) is 31.6 Å². The Morgan fingerprint density at radius 3 is 2.22 bits per heavy atom. The molecule has 3 rings (SSSR count). The van der Waals surface area contributed by atoms with Crippen LogP contribution in [0.3, 0.4) is 0 Å². The zero-order valence-electron chi connectivity index (χ0n) is 16.7. The first-order chi connectivity index (χ1) is 12.8. The lowest BCUT2D eigenvalue weighted by molar-refractivity contribution is -0.134. The number of likely N-dealkylation sites (tertiary alicyclic amines) is 1. The molecule has 0 N–H and O–H groups in total. The van der Waals surface area contributed by atoms with Crippen LogP contribution in [0, 0.1) is 0 Å². The van der Waals surface area contributed by atoms with E-state index in [9.17, 15) is 9.59 Å². The summed E-state index contributed by atoms with van der Waals surface area (Å²) >= 11 is 0. The third kappa shape index (κ3) is 4.93. The van der Waals surface area contributed by atoms with Gasteiger partial charge in [0, 0.05) is 31.9 Å². The van der Waals surface area contributed by atoms with Gasteiger partial charge in [0.2, 0.25) is 5.91 Å². The van der Waals surface area contributed by atoms with Crippen LogP contribution in [0.1, 0.15) is 40.0 Å². The van der Waals surface area contributed by atoms with Gasteiger partial charge < -0.3 is 19.4 Å². The molecule has 2 saturated heterocycles. The molecular weight excluding hydrogens is 342 g/mol. The van der Waals surface area contributed by atoms with Gasteiger partial charge in [0.1, 0.15) is 11.6 Å². The summed E-state index contributed by atoms with van der Waals surface area (Å²) in [6.45, 7) is 8.74. The van der Waals surface area contributed by atoms with Crippen LogP contribution in [0.2, 0.25) is 0 Å². The molecule has 0 aromatic heterocycles. The van der Waals surface area contributed by atoms with Crippen LogP contribution >= 0.6 is 0 Å². The number of carbonyl (C=O) groups excluding carboxylic acids is 2. The first-order valence-corrected chi connectivity index (χ1v) is 9.93. The SMILES string of the molecule is CC(C)(C)OC(=O)N1CCN(c2ccccc2)[C@H](C(=O)N2CCCCC2)C1. The number of piperazine rings is 1. The molecule has 2 aliphatic rings. The monoisotopic (exact) mass is 373 g/mol. The highest BCUT2D eigenvalue weighted by atomic mass is 16.6. The number of nitrogens with zero attached hydrogens (tertiary/aromatic N) is 3. The Labute approximate surface area is 162 Å². The van der Waals surface area contributed by atoms with E-state index >= 15 is 0 Å². The fourth-order valence-corrected chi connectivity index (χ4v) is 3.74. The molecule has 0 radical (unpaired) electrons. The maximum atomic E-state index is 13.3. The molecule has 6 heteroatoms. The van der Waals surface area contributed by atoms with Crippen molar-refractivity contribution in [1.82, 2.24) is 9.80 Å². The maximum Gasteiger partial charge on any atom is 0.410 e. The van der Waals surface area contributed by atoms with Crippen LogP contribution in [0.4, 0.5) is 10.5 Å². The second-order valence-electron chi connectivity index (χ2n) is 8.36. The van der Waals surface area contributed by atoms with Crippen molar-refractivity contribution in [2.45, 2.75) is 51.7 Å². The van der Waals surface area contributed by atoms with E-state index in [1.807, 2.05) is 56.0 Å². The summed E-state index contributed by atoms with van der Waals surface area (Å²) in [6, 6.07) is 9.63. The standard InChI is InChI=1S/C21H31N3O3/c1-21(2,3)27-20(26)23-14-15-24(17-10-6-4-7-11-17)18(16-23)19(25)22-12-8-5-9-13-22/h4,6-7,10-11,18H,5,8-9,12-16H2,1-3H3/t18-/m0/s1. The minimum absolute atomic E-state index is 0.117. The van der Waals surface area contributed by atoms with Gasteiger partial charge in [-0.15, -0.1) is 0 Å². The van der Waals surface area contributed by atoms with E-state index in [0.29, 0.717) is 19.6 Å². The normalized spacial score (nSPS) is 21.1. The van der Waals surface area contributed by atoms with Crippen LogP contribution in [-0.4, -0.2) is 66.2 Å². The molecule has 148 valence electrons. The van der Waals surface area contributed by atoms with Gasteiger partial charge in [-0.3, -0.25) is 4.79 Å². The van der Waals surface area contributed by atoms with E-state index in [4.69, 9.17) is 4.74 Å². The number of ether oxygens (including phenoxy) is 1. The summed E-state index contributed by atoms with van der Waals surface area (Å²) in [4.78, 5) is 31.6. The second-order valence-corrected chi connectivity index (χ2v) is 8.36. The summed E-state index contributed by atoms with van der Waals surface area (Å²) in [5, 5.41) is 0. The van der Waals surface area contributed by atoms with Crippen molar-refractivity contribution in [3.8, 4) is 0 Å². The molecule has 2 heterocycles. The summed E-state index contributed by atoms with van der Waals surface area (Å²) in [6.07, 6.45) is 2.95. The van der Waals surface area contributed by atoms with Gasteiger partial charge in [-0.25, -0.2) is 4.79 Å². The van der Waals surface area contributed by atoms with Gasteiger partial charge in [0.05, 0.1) is 6.54 Å². The molecule has 27 heavy (non-hydrogen) atoms. The number of carbonyl (C=O) groups is 2. The highest BCUT2D eigenvalue weighted by Crippen LogP contribution is 2.24. The molecule has 0 aliphatic carbocycles. The van der Waals surface area contributed by atoms with Crippen molar-refractivity contribution >= 4 is 17.7 Å². The van der Waals surface area contributed by atoms with Crippen LogP contribution in [0.5, 0.6) is 0 Å². The third-order valence-corrected chi connectivity index (χ3v) is 5.07. The molecule has 0 saturated carbocycles. The number of para-hydroxylation sites is 1. The number of piperidine rings is 1. The molecule has 1 aromatic carbocycles. The fraction of sp³-hybridized carbons (Fsp3) is 0.619. The highest BCUT2D eigenvalue weighted by Gasteiger charge is 2.38. The molecule has 2 fully saturated rings. The van der Waals surface area contributed by atoms with Gasteiger partial charge in [-0.2, -0.15) is 0 Å².